The van der Waals surface area contributed by atoms with Crippen molar-refractivity contribution in [2.24, 2.45) is 0 Å². The molecule has 0 saturated carbocycles. The number of ether oxygens (including phenoxy) is 1. The van der Waals surface area contributed by atoms with E-state index in [1.54, 1.807) is 19.2 Å². The highest BCUT2D eigenvalue weighted by Gasteiger charge is 2.24. The summed E-state index contributed by atoms with van der Waals surface area (Å²) in [6.07, 6.45) is 2.25. The predicted molar refractivity (Wildman–Crippen MR) is 149 cm³/mol. The zero-order valence-electron chi connectivity index (χ0n) is 21.9. The number of anilines is 1. The Morgan fingerprint density at radius 3 is 2.42 bits per heavy atom. The molecule has 4 aromatic rings. The van der Waals surface area contributed by atoms with Gasteiger partial charge in [0.05, 0.1) is 28.2 Å². The number of aromatic nitrogens is 2. The minimum Gasteiger partial charge on any atom is -0.497 e. The molecule has 0 fully saturated rings. The largest absolute Gasteiger partial charge is 0.497 e. The van der Waals surface area contributed by atoms with Crippen molar-refractivity contribution in [3.63, 3.8) is 0 Å². The Hall–Kier alpha value is -4.84. The van der Waals surface area contributed by atoms with Crippen molar-refractivity contribution in [3.05, 3.63) is 118 Å². The number of nitro benzene ring substituents is 1. The molecule has 0 aliphatic heterocycles. The van der Waals surface area contributed by atoms with Gasteiger partial charge in [-0.1, -0.05) is 48.5 Å². The zero-order valence-corrected chi connectivity index (χ0v) is 22.7. The summed E-state index contributed by atoms with van der Waals surface area (Å²) in [6.45, 7) is 0.610. The summed E-state index contributed by atoms with van der Waals surface area (Å²) in [7, 11) is -1.02. The molecule has 206 valence electrons. The molecule has 1 aromatic heterocycles. The molecular formula is C28H27N5O6S. The number of carbonyl (C=O) groups excluding carboxylic acids is 1. The molecule has 0 saturated heterocycles. The number of likely N-dealkylation sites (N-methyl/N-ethyl adjacent to an activating group) is 1. The minimum atomic E-state index is -4.41. The van der Waals surface area contributed by atoms with Gasteiger partial charge in [-0.3, -0.25) is 14.9 Å². The maximum atomic E-state index is 13.2. The van der Waals surface area contributed by atoms with Crippen LogP contribution in [0.3, 0.4) is 0 Å². The number of non-ortho nitro benzene ring substituents is 1. The summed E-state index contributed by atoms with van der Waals surface area (Å²) in [6, 6.07) is 21.6. The molecule has 0 aliphatic carbocycles. The maximum Gasteiger partial charge on any atom is 0.270 e. The van der Waals surface area contributed by atoms with Crippen LogP contribution in [0, 0.1) is 10.1 Å². The van der Waals surface area contributed by atoms with E-state index < -0.39 is 31.4 Å². The molecule has 0 atom stereocenters. The van der Waals surface area contributed by atoms with E-state index >= 15 is 0 Å². The second kappa shape index (κ2) is 12.3. The Kier molecular flexibility index (Phi) is 8.70. The molecular weight excluding hydrogens is 534 g/mol. The van der Waals surface area contributed by atoms with Crippen LogP contribution in [0.25, 0.3) is 0 Å². The van der Waals surface area contributed by atoms with Crippen LogP contribution in [0.2, 0.25) is 0 Å². The molecule has 0 spiro atoms. The molecule has 12 heteroatoms. The molecule has 40 heavy (non-hydrogen) atoms. The van der Waals surface area contributed by atoms with Crippen LogP contribution < -0.4 is 14.4 Å². The Morgan fingerprint density at radius 2 is 1.75 bits per heavy atom. The number of hydrogen-bond donors (Lipinski definition) is 1. The fourth-order valence-corrected chi connectivity index (χ4v) is 4.90. The molecule has 3 aromatic carbocycles. The van der Waals surface area contributed by atoms with Gasteiger partial charge in [-0.15, -0.1) is 0 Å². The van der Waals surface area contributed by atoms with Gasteiger partial charge in [-0.25, -0.2) is 23.1 Å². The van der Waals surface area contributed by atoms with Gasteiger partial charge in [-0.05, 0) is 35.7 Å². The third kappa shape index (κ3) is 6.97. The Morgan fingerprint density at radius 1 is 1.02 bits per heavy atom. The average molecular weight is 562 g/mol. The lowest BCUT2D eigenvalue weighted by atomic mass is 10.1. The summed E-state index contributed by atoms with van der Waals surface area (Å²) < 4.78 is 33.0. The minimum absolute atomic E-state index is 0.0370. The van der Waals surface area contributed by atoms with Crippen LogP contribution in [0.4, 0.5) is 11.6 Å². The first-order chi connectivity index (χ1) is 19.2. The number of sulfonamides is 1. The highest BCUT2D eigenvalue weighted by Crippen LogP contribution is 2.21. The van der Waals surface area contributed by atoms with Crippen molar-refractivity contribution >= 4 is 27.6 Å². The number of amides is 1. The number of nitrogens with one attached hydrogen (secondary N) is 1. The van der Waals surface area contributed by atoms with Crippen LogP contribution in [0.1, 0.15) is 27.2 Å². The number of hydrogen-bond acceptors (Lipinski definition) is 9. The quantitative estimate of drug-likeness (QED) is 0.214. The molecule has 11 nitrogen and oxygen atoms in total. The molecule has 0 bridgehead atoms. The second-order valence-electron chi connectivity index (χ2n) is 8.90. The van der Waals surface area contributed by atoms with Crippen molar-refractivity contribution in [2.75, 3.05) is 25.6 Å². The lowest BCUT2D eigenvalue weighted by Crippen LogP contribution is -2.32. The van der Waals surface area contributed by atoms with E-state index in [1.165, 1.54) is 18.3 Å². The molecule has 0 radical (unpaired) electrons. The predicted octanol–water partition coefficient (Wildman–Crippen LogP) is 3.78. The van der Waals surface area contributed by atoms with E-state index in [1.807, 2.05) is 59.1 Å². The van der Waals surface area contributed by atoms with E-state index in [2.05, 4.69) is 9.97 Å². The summed E-state index contributed by atoms with van der Waals surface area (Å²) in [5.41, 5.74) is 1.82. The molecule has 4 rings (SSSR count). The zero-order chi connectivity index (χ0) is 28.7. The number of methoxy groups -OCH3 is 1. The van der Waals surface area contributed by atoms with Crippen molar-refractivity contribution < 1.29 is 22.9 Å². The van der Waals surface area contributed by atoms with Gasteiger partial charge >= 0.3 is 0 Å². The monoisotopic (exact) mass is 561 g/mol. The Bertz CT molecular complexity index is 1610. The van der Waals surface area contributed by atoms with Crippen molar-refractivity contribution in [1.82, 2.24) is 14.7 Å². The van der Waals surface area contributed by atoms with Crippen LogP contribution >= 0.6 is 0 Å². The van der Waals surface area contributed by atoms with E-state index in [4.69, 9.17) is 4.74 Å². The van der Waals surface area contributed by atoms with Gasteiger partial charge in [0.1, 0.15) is 5.75 Å². The number of benzene rings is 3. The van der Waals surface area contributed by atoms with Crippen molar-refractivity contribution in [1.29, 1.82) is 0 Å². The van der Waals surface area contributed by atoms with Crippen molar-refractivity contribution in [3.8, 4) is 5.75 Å². The topological polar surface area (TPSA) is 145 Å². The summed E-state index contributed by atoms with van der Waals surface area (Å²) in [5, 5.41) is 11.1. The third-order valence-electron chi connectivity index (χ3n) is 6.12. The molecule has 1 heterocycles. The van der Waals surface area contributed by atoms with E-state index in [-0.39, 0.29) is 12.0 Å². The van der Waals surface area contributed by atoms with Crippen LogP contribution in [-0.4, -0.2) is 49.9 Å². The Balaban J connectivity index is 1.62. The number of nitro groups is 1. The molecule has 1 N–H and O–H groups in total. The number of carbonyl (C=O) groups is 1. The normalized spacial score (nSPS) is 11.1. The lowest BCUT2D eigenvalue weighted by Gasteiger charge is -2.19. The summed E-state index contributed by atoms with van der Waals surface area (Å²) in [5.74, 6) is 0.0832. The van der Waals surface area contributed by atoms with Crippen LogP contribution in [0.15, 0.2) is 90.0 Å². The van der Waals surface area contributed by atoms with Crippen LogP contribution in [-0.2, 0) is 22.9 Å². The first-order valence-corrected chi connectivity index (χ1v) is 13.7. The van der Waals surface area contributed by atoms with Gasteiger partial charge in [0.2, 0.25) is 5.95 Å². The Labute approximate surface area is 231 Å². The maximum absolute atomic E-state index is 13.2. The summed E-state index contributed by atoms with van der Waals surface area (Å²) >= 11 is 0. The van der Waals surface area contributed by atoms with Crippen molar-refractivity contribution in [2.45, 2.75) is 17.7 Å². The van der Waals surface area contributed by atoms with Gasteiger partial charge in [-0.2, -0.15) is 0 Å². The smallest absolute Gasteiger partial charge is 0.270 e. The summed E-state index contributed by atoms with van der Waals surface area (Å²) in [4.78, 5) is 34.0. The second-order valence-corrected chi connectivity index (χ2v) is 10.6. The van der Waals surface area contributed by atoms with Gasteiger partial charge in [0.15, 0.2) is 0 Å². The lowest BCUT2D eigenvalue weighted by molar-refractivity contribution is -0.385. The number of rotatable bonds is 11. The SMILES string of the molecule is COc1ccc(Cc2nc(N(C)CCc3ccccc3)ncc2C(=O)NS(=O)(=O)c2cccc([N+](=O)[O-])c2)cc1. The first kappa shape index (κ1) is 28.2. The molecule has 0 unspecified atom stereocenters. The van der Waals surface area contributed by atoms with Gasteiger partial charge < -0.3 is 9.64 Å². The highest BCUT2D eigenvalue weighted by atomic mass is 32.2. The van der Waals surface area contributed by atoms with Gasteiger partial charge in [0.25, 0.3) is 21.6 Å². The fraction of sp³-hybridized carbons (Fsp3) is 0.179. The average Bonchev–Trinajstić information content (AvgIpc) is 2.96. The standard InChI is InChI=1S/C28H27N5O6S/c1-32(16-15-20-7-4-3-5-8-20)28-29-19-25(26(30-28)17-21-11-13-23(39-2)14-12-21)27(34)31-40(37,38)24-10-6-9-22(18-24)33(35)36/h3-14,18-19H,15-17H2,1-2H3,(H,31,34). The first-order valence-electron chi connectivity index (χ1n) is 12.2. The fourth-order valence-electron chi connectivity index (χ4n) is 3.89. The molecule has 1 amide bonds. The highest BCUT2D eigenvalue weighted by molar-refractivity contribution is 7.90. The molecule has 0 aliphatic rings. The third-order valence-corrected chi connectivity index (χ3v) is 7.44. The van der Waals surface area contributed by atoms with E-state index in [0.29, 0.717) is 23.9 Å². The van der Waals surface area contributed by atoms with E-state index in [0.717, 1.165) is 29.7 Å². The number of nitrogens with zero attached hydrogens (tertiary/aromatic N) is 4. The van der Waals surface area contributed by atoms with E-state index in [9.17, 15) is 23.3 Å². The van der Waals surface area contributed by atoms with Gasteiger partial charge in [0, 0.05) is 38.3 Å². The van der Waals surface area contributed by atoms with Crippen LogP contribution in [0.5, 0.6) is 5.75 Å².